The maximum Gasteiger partial charge on any atom is 0.410 e. The summed E-state index contributed by atoms with van der Waals surface area (Å²) in [5, 5.41) is 0. The lowest BCUT2D eigenvalue weighted by Gasteiger charge is -2.37. The average Bonchev–Trinajstić information content (AvgIpc) is 2.25. The van der Waals surface area contributed by atoms with E-state index in [0.29, 0.717) is 11.8 Å². The monoisotopic (exact) mass is 256 g/mol. The van der Waals surface area contributed by atoms with Crippen molar-refractivity contribution in [3.63, 3.8) is 0 Å². The standard InChI is InChI=1S/C14H28N2O2/c1-11-10-16(13(17)18-14(2,3)4)9-7-12(11)6-5-8-15/h11-12H,5-10,15H2,1-4H3. The summed E-state index contributed by atoms with van der Waals surface area (Å²) in [5.41, 5.74) is 5.15. The third-order valence-electron chi connectivity index (χ3n) is 3.51. The fraction of sp³-hybridized carbons (Fsp3) is 0.929. The number of carbonyl (C=O) groups is 1. The van der Waals surface area contributed by atoms with Crippen molar-refractivity contribution < 1.29 is 9.53 Å². The third kappa shape index (κ3) is 4.84. The molecule has 2 N–H and O–H groups in total. The molecule has 1 heterocycles. The number of piperidine rings is 1. The maximum atomic E-state index is 12.0. The summed E-state index contributed by atoms with van der Waals surface area (Å²) in [6, 6.07) is 0. The predicted octanol–water partition coefficient (Wildman–Crippen LogP) is 2.62. The molecule has 2 unspecified atom stereocenters. The summed E-state index contributed by atoms with van der Waals surface area (Å²) >= 11 is 0. The lowest BCUT2D eigenvalue weighted by atomic mass is 9.84. The van der Waals surface area contributed by atoms with E-state index in [1.54, 1.807) is 0 Å². The van der Waals surface area contributed by atoms with Gasteiger partial charge in [-0.05, 0) is 58.4 Å². The Hall–Kier alpha value is -0.770. The van der Waals surface area contributed by atoms with Crippen LogP contribution < -0.4 is 5.73 Å². The van der Waals surface area contributed by atoms with Gasteiger partial charge in [0.15, 0.2) is 0 Å². The molecule has 1 fully saturated rings. The smallest absolute Gasteiger partial charge is 0.410 e. The number of carbonyl (C=O) groups excluding carboxylic acids is 1. The molecule has 1 amide bonds. The largest absolute Gasteiger partial charge is 0.444 e. The lowest BCUT2D eigenvalue weighted by Crippen LogP contribution is -2.45. The Bertz CT molecular complexity index is 273. The highest BCUT2D eigenvalue weighted by molar-refractivity contribution is 5.68. The summed E-state index contributed by atoms with van der Waals surface area (Å²) in [6.45, 7) is 10.3. The van der Waals surface area contributed by atoms with E-state index >= 15 is 0 Å². The number of hydrogen-bond donors (Lipinski definition) is 1. The Morgan fingerprint density at radius 2 is 2.11 bits per heavy atom. The summed E-state index contributed by atoms with van der Waals surface area (Å²) in [7, 11) is 0. The number of hydrogen-bond acceptors (Lipinski definition) is 3. The van der Waals surface area contributed by atoms with E-state index in [0.717, 1.165) is 32.5 Å². The first-order valence-corrected chi connectivity index (χ1v) is 7.01. The first kappa shape index (κ1) is 15.3. The van der Waals surface area contributed by atoms with Gasteiger partial charge >= 0.3 is 6.09 Å². The molecule has 0 spiro atoms. The van der Waals surface area contributed by atoms with Crippen LogP contribution >= 0.6 is 0 Å². The highest BCUT2D eigenvalue weighted by atomic mass is 16.6. The fourth-order valence-corrected chi connectivity index (χ4v) is 2.50. The van der Waals surface area contributed by atoms with E-state index in [2.05, 4.69) is 6.92 Å². The van der Waals surface area contributed by atoms with Crippen LogP contribution in [0.15, 0.2) is 0 Å². The number of likely N-dealkylation sites (tertiary alicyclic amines) is 1. The van der Waals surface area contributed by atoms with Crippen LogP contribution in [0.4, 0.5) is 4.79 Å². The van der Waals surface area contributed by atoms with E-state index in [1.165, 1.54) is 6.42 Å². The van der Waals surface area contributed by atoms with Gasteiger partial charge in [0.25, 0.3) is 0 Å². The average molecular weight is 256 g/mol. The van der Waals surface area contributed by atoms with E-state index in [4.69, 9.17) is 10.5 Å². The minimum Gasteiger partial charge on any atom is -0.444 e. The van der Waals surface area contributed by atoms with Crippen molar-refractivity contribution in [1.82, 2.24) is 4.90 Å². The second kappa shape index (κ2) is 6.41. The van der Waals surface area contributed by atoms with Gasteiger partial charge < -0.3 is 15.4 Å². The molecule has 4 heteroatoms. The van der Waals surface area contributed by atoms with Crippen LogP contribution in [0, 0.1) is 11.8 Å². The summed E-state index contributed by atoms with van der Waals surface area (Å²) < 4.78 is 5.41. The first-order valence-electron chi connectivity index (χ1n) is 7.01. The van der Waals surface area contributed by atoms with Gasteiger partial charge in [0.05, 0.1) is 0 Å². The quantitative estimate of drug-likeness (QED) is 0.844. The molecule has 1 saturated heterocycles. The molecule has 0 aromatic heterocycles. The van der Waals surface area contributed by atoms with E-state index in [-0.39, 0.29) is 6.09 Å². The van der Waals surface area contributed by atoms with Crippen LogP contribution in [-0.2, 0) is 4.74 Å². The first-order chi connectivity index (χ1) is 8.33. The Morgan fingerprint density at radius 1 is 1.44 bits per heavy atom. The van der Waals surface area contributed by atoms with Gasteiger partial charge in [-0.1, -0.05) is 6.92 Å². The number of ether oxygens (including phenoxy) is 1. The molecule has 106 valence electrons. The number of rotatable bonds is 3. The summed E-state index contributed by atoms with van der Waals surface area (Å²) in [6.07, 6.45) is 3.16. The Morgan fingerprint density at radius 3 is 2.61 bits per heavy atom. The van der Waals surface area contributed by atoms with Gasteiger partial charge in [-0.2, -0.15) is 0 Å². The minimum atomic E-state index is -0.406. The molecule has 1 aliphatic rings. The van der Waals surface area contributed by atoms with Crippen LogP contribution in [0.25, 0.3) is 0 Å². The molecule has 0 bridgehead atoms. The topological polar surface area (TPSA) is 55.6 Å². The molecule has 4 nitrogen and oxygen atoms in total. The number of amides is 1. The van der Waals surface area contributed by atoms with Crippen molar-refractivity contribution >= 4 is 6.09 Å². The van der Waals surface area contributed by atoms with Crippen molar-refractivity contribution in [2.75, 3.05) is 19.6 Å². The molecule has 18 heavy (non-hydrogen) atoms. The van der Waals surface area contributed by atoms with Gasteiger partial charge in [-0.15, -0.1) is 0 Å². The zero-order valence-electron chi connectivity index (χ0n) is 12.2. The Kier molecular flexibility index (Phi) is 5.45. The second-order valence-electron chi connectivity index (χ2n) is 6.38. The van der Waals surface area contributed by atoms with Crippen LogP contribution in [0.1, 0.15) is 47.0 Å². The third-order valence-corrected chi connectivity index (χ3v) is 3.51. The Balaban J connectivity index is 2.43. The molecular weight excluding hydrogens is 228 g/mol. The second-order valence-corrected chi connectivity index (χ2v) is 6.38. The zero-order chi connectivity index (χ0) is 13.8. The normalized spacial score (nSPS) is 25.1. The van der Waals surface area contributed by atoms with Crippen LogP contribution in [0.2, 0.25) is 0 Å². The molecule has 0 aromatic rings. The van der Waals surface area contributed by atoms with Crippen LogP contribution in [0.3, 0.4) is 0 Å². The SMILES string of the molecule is CC1CN(C(=O)OC(C)(C)C)CCC1CCCN. The van der Waals surface area contributed by atoms with Crippen molar-refractivity contribution in [2.45, 2.75) is 52.6 Å². The van der Waals surface area contributed by atoms with Crippen molar-refractivity contribution in [2.24, 2.45) is 17.6 Å². The van der Waals surface area contributed by atoms with E-state index < -0.39 is 5.60 Å². The highest BCUT2D eigenvalue weighted by Gasteiger charge is 2.30. The molecule has 0 aromatic carbocycles. The van der Waals surface area contributed by atoms with Crippen LogP contribution in [-0.4, -0.2) is 36.2 Å². The molecule has 0 radical (unpaired) electrons. The van der Waals surface area contributed by atoms with Crippen molar-refractivity contribution in [3.05, 3.63) is 0 Å². The highest BCUT2D eigenvalue weighted by Crippen LogP contribution is 2.27. The Labute approximate surface area is 111 Å². The molecule has 0 aliphatic carbocycles. The molecule has 2 atom stereocenters. The summed E-state index contributed by atoms with van der Waals surface area (Å²) in [4.78, 5) is 13.8. The van der Waals surface area contributed by atoms with Gasteiger partial charge in [0, 0.05) is 13.1 Å². The van der Waals surface area contributed by atoms with Crippen molar-refractivity contribution in [3.8, 4) is 0 Å². The lowest BCUT2D eigenvalue weighted by molar-refractivity contribution is 0.0110. The van der Waals surface area contributed by atoms with Crippen LogP contribution in [0.5, 0.6) is 0 Å². The van der Waals surface area contributed by atoms with Gasteiger partial charge in [-0.25, -0.2) is 4.79 Å². The van der Waals surface area contributed by atoms with Gasteiger partial charge in [0.2, 0.25) is 0 Å². The fourth-order valence-electron chi connectivity index (χ4n) is 2.50. The van der Waals surface area contributed by atoms with Crippen molar-refractivity contribution in [1.29, 1.82) is 0 Å². The maximum absolute atomic E-state index is 12.0. The number of nitrogens with two attached hydrogens (primary N) is 1. The molecule has 1 aliphatic heterocycles. The molecule has 0 saturated carbocycles. The molecular formula is C14H28N2O2. The number of nitrogens with zero attached hydrogens (tertiary/aromatic N) is 1. The summed E-state index contributed by atoms with van der Waals surface area (Å²) in [5.74, 6) is 1.24. The van der Waals surface area contributed by atoms with Gasteiger partial charge in [0.1, 0.15) is 5.60 Å². The minimum absolute atomic E-state index is 0.174. The predicted molar refractivity (Wildman–Crippen MR) is 73.4 cm³/mol. The zero-order valence-corrected chi connectivity index (χ0v) is 12.2. The van der Waals surface area contributed by atoms with E-state index in [1.807, 2.05) is 25.7 Å². The molecule has 1 rings (SSSR count). The van der Waals surface area contributed by atoms with E-state index in [9.17, 15) is 4.79 Å². The van der Waals surface area contributed by atoms with Gasteiger partial charge in [-0.3, -0.25) is 0 Å².